The Labute approximate surface area is 125 Å². The molecule has 0 fully saturated rings. The van der Waals surface area contributed by atoms with E-state index >= 15 is 0 Å². The maximum atomic E-state index is 12.5. The summed E-state index contributed by atoms with van der Waals surface area (Å²) in [5.74, 6) is -0.790. The molecule has 0 unspecified atom stereocenters. The van der Waals surface area contributed by atoms with E-state index in [4.69, 9.17) is 0 Å². The van der Waals surface area contributed by atoms with Crippen LogP contribution in [0, 0.1) is 6.92 Å². The van der Waals surface area contributed by atoms with Crippen molar-refractivity contribution in [1.82, 2.24) is 14.6 Å². The Morgan fingerprint density at radius 2 is 2.18 bits per heavy atom. The zero-order valence-electron chi connectivity index (χ0n) is 11.2. The molecule has 0 saturated carbocycles. The highest BCUT2D eigenvalue weighted by atomic mass is 32.1. The smallest absolute Gasteiger partial charge is 0.393 e. The SMILES string of the molecule is Cc1nn2c(O)c(CC(F)(F)F)c(=O)[nH]c2c1-c1cccs1. The molecule has 0 saturated heterocycles. The normalized spacial score (nSPS) is 12.2. The Morgan fingerprint density at radius 1 is 1.45 bits per heavy atom. The molecule has 116 valence electrons. The quantitative estimate of drug-likeness (QED) is 0.759. The minimum absolute atomic E-state index is 0.174. The summed E-state index contributed by atoms with van der Waals surface area (Å²) >= 11 is 1.40. The number of hydrogen-bond acceptors (Lipinski definition) is 4. The summed E-state index contributed by atoms with van der Waals surface area (Å²) in [5.41, 5.74) is -0.466. The van der Waals surface area contributed by atoms with Crippen LogP contribution in [0.1, 0.15) is 11.3 Å². The van der Waals surface area contributed by atoms with Crippen LogP contribution in [0.4, 0.5) is 13.2 Å². The third kappa shape index (κ3) is 2.37. The predicted molar refractivity (Wildman–Crippen MR) is 75.3 cm³/mol. The fourth-order valence-electron chi connectivity index (χ4n) is 2.28. The average Bonchev–Trinajstić information content (AvgIpc) is 3.01. The first-order chi connectivity index (χ1) is 10.3. The molecule has 0 amide bonds. The van der Waals surface area contributed by atoms with Crippen molar-refractivity contribution in [3.63, 3.8) is 0 Å². The number of aromatic amines is 1. The maximum Gasteiger partial charge on any atom is 0.393 e. The molecular formula is C13H10F3N3O2S. The van der Waals surface area contributed by atoms with Gasteiger partial charge in [-0.2, -0.15) is 22.8 Å². The van der Waals surface area contributed by atoms with Gasteiger partial charge in [-0.25, -0.2) is 0 Å². The fourth-order valence-corrected chi connectivity index (χ4v) is 3.11. The lowest BCUT2D eigenvalue weighted by atomic mass is 10.2. The van der Waals surface area contributed by atoms with E-state index < -0.39 is 29.6 Å². The van der Waals surface area contributed by atoms with Crippen LogP contribution >= 0.6 is 11.3 Å². The Morgan fingerprint density at radius 3 is 2.77 bits per heavy atom. The largest absolute Gasteiger partial charge is 0.493 e. The number of aromatic hydroxyl groups is 1. The van der Waals surface area contributed by atoms with E-state index in [1.165, 1.54) is 11.3 Å². The van der Waals surface area contributed by atoms with Crippen molar-refractivity contribution in [2.24, 2.45) is 0 Å². The van der Waals surface area contributed by atoms with Crippen LogP contribution in [0.15, 0.2) is 22.3 Å². The second-order valence-corrected chi connectivity index (χ2v) is 5.69. The minimum atomic E-state index is -4.60. The Hall–Kier alpha value is -2.29. The molecule has 2 N–H and O–H groups in total. The molecule has 0 aromatic carbocycles. The van der Waals surface area contributed by atoms with Crippen molar-refractivity contribution in [1.29, 1.82) is 0 Å². The van der Waals surface area contributed by atoms with Crippen LogP contribution in [0.2, 0.25) is 0 Å². The van der Waals surface area contributed by atoms with Gasteiger partial charge in [-0.1, -0.05) is 6.07 Å². The molecule has 0 aliphatic carbocycles. The van der Waals surface area contributed by atoms with E-state index in [-0.39, 0.29) is 5.65 Å². The number of aromatic nitrogens is 3. The van der Waals surface area contributed by atoms with Gasteiger partial charge in [0.25, 0.3) is 5.56 Å². The summed E-state index contributed by atoms with van der Waals surface area (Å²) in [4.78, 5) is 15.1. The van der Waals surface area contributed by atoms with Gasteiger partial charge >= 0.3 is 6.18 Å². The molecule has 0 atom stereocenters. The van der Waals surface area contributed by atoms with E-state index in [9.17, 15) is 23.1 Å². The standard InChI is InChI=1S/C13H10F3N3O2S/c1-6-9(8-3-2-4-22-8)10-17-11(20)7(5-13(14,15)16)12(21)19(10)18-6/h2-4,21H,5H2,1H3,(H,17,20). The van der Waals surface area contributed by atoms with Crippen molar-refractivity contribution < 1.29 is 18.3 Å². The zero-order chi connectivity index (χ0) is 16.1. The number of aryl methyl sites for hydroxylation is 1. The first-order valence-electron chi connectivity index (χ1n) is 6.22. The fraction of sp³-hybridized carbons (Fsp3) is 0.231. The highest BCUT2D eigenvalue weighted by Crippen LogP contribution is 2.33. The van der Waals surface area contributed by atoms with E-state index in [0.717, 1.165) is 9.39 Å². The molecule has 0 aliphatic heterocycles. The molecule has 5 nitrogen and oxygen atoms in total. The van der Waals surface area contributed by atoms with Gasteiger partial charge in [0.15, 0.2) is 0 Å². The molecule has 3 aromatic heterocycles. The topological polar surface area (TPSA) is 70.4 Å². The second kappa shape index (κ2) is 4.87. The molecular weight excluding hydrogens is 319 g/mol. The lowest BCUT2D eigenvalue weighted by molar-refractivity contribution is -0.127. The van der Waals surface area contributed by atoms with Crippen LogP contribution in [0.5, 0.6) is 5.88 Å². The second-order valence-electron chi connectivity index (χ2n) is 4.75. The van der Waals surface area contributed by atoms with Gasteiger partial charge in [-0.05, 0) is 18.4 Å². The number of rotatable bonds is 2. The predicted octanol–water partition coefficient (Wildman–Crippen LogP) is 2.87. The third-order valence-electron chi connectivity index (χ3n) is 3.18. The lowest BCUT2D eigenvalue weighted by Crippen LogP contribution is -2.22. The summed E-state index contributed by atoms with van der Waals surface area (Å²) < 4.78 is 38.5. The number of H-pyrrole nitrogens is 1. The zero-order valence-corrected chi connectivity index (χ0v) is 12.0. The van der Waals surface area contributed by atoms with Gasteiger partial charge in [0.05, 0.1) is 23.2 Å². The van der Waals surface area contributed by atoms with E-state index in [0.29, 0.717) is 11.3 Å². The van der Waals surface area contributed by atoms with Crippen LogP contribution in [0.25, 0.3) is 16.1 Å². The first kappa shape index (κ1) is 14.6. The Kier molecular flexibility index (Phi) is 3.24. The molecule has 0 radical (unpaired) electrons. The first-order valence-corrected chi connectivity index (χ1v) is 7.10. The van der Waals surface area contributed by atoms with Gasteiger partial charge in [0.1, 0.15) is 5.65 Å². The van der Waals surface area contributed by atoms with Crippen LogP contribution in [0.3, 0.4) is 0 Å². The van der Waals surface area contributed by atoms with Crippen LogP contribution in [-0.4, -0.2) is 25.9 Å². The number of alkyl halides is 3. The monoisotopic (exact) mass is 329 g/mol. The highest BCUT2D eigenvalue weighted by Gasteiger charge is 2.32. The highest BCUT2D eigenvalue weighted by molar-refractivity contribution is 7.13. The van der Waals surface area contributed by atoms with Crippen molar-refractivity contribution in [2.45, 2.75) is 19.5 Å². The summed E-state index contributed by atoms with van der Waals surface area (Å²) in [6, 6.07) is 3.60. The molecule has 0 aliphatic rings. The number of halogens is 3. The number of thiophene rings is 1. The van der Waals surface area contributed by atoms with E-state index in [2.05, 4.69) is 10.1 Å². The summed E-state index contributed by atoms with van der Waals surface area (Å²) in [5, 5.41) is 15.9. The number of nitrogens with zero attached hydrogens (tertiary/aromatic N) is 2. The van der Waals surface area contributed by atoms with E-state index in [1.807, 2.05) is 5.38 Å². The Balaban J connectivity index is 2.29. The number of nitrogens with one attached hydrogen (secondary N) is 1. The van der Waals surface area contributed by atoms with E-state index in [1.54, 1.807) is 19.1 Å². The van der Waals surface area contributed by atoms with Crippen LogP contribution < -0.4 is 5.56 Å². The summed E-state index contributed by atoms with van der Waals surface area (Å²) in [6.07, 6.45) is -6.12. The maximum absolute atomic E-state index is 12.5. The molecule has 3 aromatic rings. The molecule has 22 heavy (non-hydrogen) atoms. The van der Waals surface area contributed by atoms with Gasteiger partial charge in [0, 0.05) is 4.88 Å². The van der Waals surface area contributed by atoms with Crippen molar-refractivity contribution in [2.75, 3.05) is 0 Å². The minimum Gasteiger partial charge on any atom is -0.493 e. The number of fused-ring (bicyclic) bond motifs is 1. The molecule has 3 heterocycles. The van der Waals surface area contributed by atoms with Gasteiger partial charge < -0.3 is 10.1 Å². The van der Waals surface area contributed by atoms with Gasteiger partial charge in [-0.15, -0.1) is 11.3 Å². The third-order valence-corrected chi connectivity index (χ3v) is 4.07. The molecule has 9 heteroatoms. The van der Waals surface area contributed by atoms with Gasteiger partial charge in [-0.3, -0.25) is 4.79 Å². The molecule has 0 bridgehead atoms. The summed E-state index contributed by atoms with van der Waals surface area (Å²) in [7, 11) is 0. The number of hydrogen-bond donors (Lipinski definition) is 2. The molecule has 3 rings (SSSR count). The van der Waals surface area contributed by atoms with Crippen molar-refractivity contribution in [3.05, 3.63) is 39.1 Å². The lowest BCUT2D eigenvalue weighted by Gasteiger charge is -2.08. The Bertz CT molecular complexity index is 894. The average molecular weight is 329 g/mol. The van der Waals surface area contributed by atoms with Crippen LogP contribution in [-0.2, 0) is 6.42 Å². The van der Waals surface area contributed by atoms with Gasteiger partial charge in [0.2, 0.25) is 5.88 Å². The molecule has 0 spiro atoms. The van der Waals surface area contributed by atoms with Crippen molar-refractivity contribution in [3.8, 4) is 16.3 Å². The van der Waals surface area contributed by atoms with Crippen molar-refractivity contribution >= 4 is 17.0 Å². The summed E-state index contributed by atoms with van der Waals surface area (Å²) in [6.45, 7) is 1.66.